The molecule has 0 saturated carbocycles. The van der Waals surface area contributed by atoms with Gasteiger partial charge in [0.2, 0.25) is 11.8 Å². The van der Waals surface area contributed by atoms with E-state index in [0.717, 1.165) is 0 Å². The number of anilines is 1. The zero-order chi connectivity index (χ0) is 14.3. The number of nitrogens with one attached hydrogen (secondary N) is 1. The molecule has 0 fully saturated rings. The smallest absolute Gasteiger partial charge is 0.226 e. The summed E-state index contributed by atoms with van der Waals surface area (Å²) in [6, 6.07) is 5.94. The molecular weight excluding hydrogens is 247 g/mol. The molecular formula is C14H17FN2O2. The fourth-order valence-electron chi connectivity index (χ4n) is 1.54. The van der Waals surface area contributed by atoms with E-state index in [1.54, 1.807) is 18.2 Å². The lowest BCUT2D eigenvalue weighted by atomic mass is 10.3. The summed E-state index contributed by atoms with van der Waals surface area (Å²) in [7, 11) is 0. The standard InChI is InChI=1S/C14H17FN2O2/c1-3-9-17(11(2)18)10-8-14(19)16-13-7-5-4-6-12(13)15/h3-7H,1,8-10H2,2H3,(H,16,19). The Kier molecular flexibility index (Phi) is 5.73. The first-order valence-electron chi connectivity index (χ1n) is 5.95. The highest BCUT2D eigenvalue weighted by atomic mass is 19.1. The third-order valence-corrected chi connectivity index (χ3v) is 2.55. The van der Waals surface area contributed by atoms with Crippen LogP contribution in [0.15, 0.2) is 36.9 Å². The van der Waals surface area contributed by atoms with E-state index >= 15 is 0 Å². The zero-order valence-corrected chi connectivity index (χ0v) is 10.9. The quantitative estimate of drug-likeness (QED) is 0.801. The van der Waals surface area contributed by atoms with E-state index in [1.807, 2.05) is 0 Å². The summed E-state index contributed by atoms with van der Waals surface area (Å²) in [6.45, 7) is 5.64. The molecule has 102 valence electrons. The largest absolute Gasteiger partial charge is 0.339 e. The van der Waals surface area contributed by atoms with Crippen LogP contribution in [0.3, 0.4) is 0 Å². The highest BCUT2D eigenvalue weighted by Crippen LogP contribution is 2.12. The van der Waals surface area contributed by atoms with Crippen molar-refractivity contribution in [3.8, 4) is 0 Å². The maximum atomic E-state index is 13.3. The molecule has 0 unspecified atom stereocenters. The molecule has 19 heavy (non-hydrogen) atoms. The number of carbonyl (C=O) groups excluding carboxylic acids is 2. The van der Waals surface area contributed by atoms with Crippen molar-refractivity contribution in [3.63, 3.8) is 0 Å². The third kappa shape index (κ3) is 4.91. The van der Waals surface area contributed by atoms with Gasteiger partial charge in [0.1, 0.15) is 5.82 Å². The van der Waals surface area contributed by atoms with Gasteiger partial charge in [-0.2, -0.15) is 0 Å². The van der Waals surface area contributed by atoms with Crippen molar-refractivity contribution >= 4 is 17.5 Å². The van der Waals surface area contributed by atoms with E-state index in [-0.39, 0.29) is 30.5 Å². The molecule has 0 heterocycles. The summed E-state index contributed by atoms with van der Waals surface area (Å²) < 4.78 is 13.3. The van der Waals surface area contributed by atoms with E-state index in [4.69, 9.17) is 0 Å². The topological polar surface area (TPSA) is 49.4 Å². The number of para-hydroxylation sites is 1. The molecule has 0 bridgehead atoms. The van der Waals surface area contributed by atoms with Gasteiger partial charge in [0.05, 0.1) is 5.69 Å². The average molecular weight is 264 g/mol. The minimum atomic E-state index is -0.481. The van der Waals surface area contributed by atoms with Crippen LogP contribution in [0.4, 0.5) is 10.1 Å². The van der Waals surface area contributed by atoms with Crippen LogP contribution in [0.5, 0.6) is 0 Å². The van der Waals surface area contributed by atoms with Crippen LogP contribution in [-0.2, 0) is 9.59 Å². The average Bonchev–Trinajstić information content (AvgIpc) is 2.37. The second kappa shape index (κ2) is 7.31. The highest BCUT2D eigenvalue weighted by molar-refractivity contribution is 5.91. The summed E-state index contributed by atoms with van der Waals surface area (Å²) in [5, 5.41) is 2.47. The van der Waals surface area contributed by atoms with Gasteiger partial charge in [0, 0.05) is 26.4 Å². The third-order valence-electron chi connectivity index (χ3n) is 2.55. The van der Waals surface area contributed by atoms with Crippen molar-refractivity contribution in [2.45, 2.75) is 13.3 Å². The highest BCUT2D eigenvalue weighted by Gasteiger charge is 2.11. The summed E-state index contributed by atoms with van der Waals surface area (Å²) >= 11 is 0. The van der Waals surface area contributed by atoms with Crippen LogP contribution in [0.25, 0.3) is 0 Å². The predicted molar refractivity (Wildman–Crippen MR) is 72.1 cm³/mol. The Morgan fingerprint density at radius 3 is 2.68 bits per heavy atom. The summed E-state index contributed by atoms with van der Waals surface area (Å²) in [5.41, 5.74) is 0.144. The Morgan fingerprint density at radius 1 is 1.42 bits per heavy atom. The van der Waals surface area contributed by atoms with Gasteiger partial charge >= 0.3 is 0 Å². The molecule has 0 radical (unpaired) electrons. The van der Waals surface area contributed by atoms with Crippen molar-refractivity contribution in [2.75, 3.05) is 18.4 Å². The Hall–Kier alpha value is -2.17. The lowest BCUT2D eigenvalue weighted by Crippen LogP contribution is -2.32. The second-order valence-electron chi connectivity index (χ2n) is 4.03. The Labute approximate surface area is 111 Å². The fraction of sp³-hybridized carbons (Fsp3) is 0.286. The molecule has 0 saturated heterocycles. The molecule has 0 aliphatic carbocycles. The number of halogens is 1. The molecule has 1 aromatic carbocycles. The molecule has 1 rings (SSSR count). The monoisotopic (exact) mass is 264 g/mol. The van der Waals surface area contributed by atoms with Gasteiger partial charge in [-0.1, -0.05) is 18.2 Å². The number of hydrogen-bond donors (Lipinski definition) is 1. The van der Waals surface area contributed by atoms with Crippen LogP contribution in [0, 0.1) is 5.82 Å². The molecule has 4 nitrogen and oxygen atoms in total. The summed E-state index contributed by atoms with van der Waals surface area (Å²) in [6.07, 6.45) is 1.71. The number of carbonyl (C=O) groups is 2. The molecule has 5 heteroatoms. The van der Waals surface area contributed by atoms with Gasteiger partial charge in [-0.05, 0) is 12.1 Å². The van der Waals surface area contributed by atoms with E-state index in [1.165, 1.54) is 24.0 Å². The van der Waals surface area contributed by atoms with Crippen molar-refractivity contribution in [3.05, 3.63) is 42.7 Å². The number of amides is 2. The van der Waals surface area contributed by atoms with Crippen molar-refractivity contribution in [1.82, 2.24) is 4.90 Å². The number of rotatable bonds is 6. The van der Waals surface area contributed by atoms with Crippen molar-refractivity contribution in [2.24, 2.45) is 0 Å². The fourth-order valence-corrected chi connectivity index (χ4v) is 1.54. The van der Waals surface area contributed by atoms with Gasteiger partial charge in [0.15, 0.2) is 0 Å². The van der Waals surface area contributed by atoms with Crippen LogP contribution in [0.2, 0.25) is 0 Å². The SMILES string of the molecule is C=CCN(CCC(=O)Nc1ccccc1F)C(C)=O. The first kappa shape index (κ1) is 14.9. The second-order valence-corrected chi connectivity index (χ2v) is 4.03. The van der Waals surface area contributed by atoms with E-state index < -0.39 is 5.82 Å². The number of benzene rings is 1. The van der Waals surface area contributed by atoms with Crippen LogP contribution in [-0.4, -0.2) is 29.8 Å². The van der Waals surface area contributed by atoms with Crippen molar-refractivity contribution < 1.29 is 14.0 Å². The van der Waals surface area contributed by atoms with Crippen LogP contribution in [0.1, 0.15) is 13.3 Å². The number of nitrogens with zero attached hydrogens (tertiary/aromatic N) is 1. The minimum Gasteiger partial charge on any atom is -0.339 e. The predicted octanol–water partition coefficient (Wildman–Crippen LogP) is 2.19. The molecule has 0 atom stereocenters. The summed E-state index contributed by atoms with van der Waals surface area (Å²) in [5.74, 6) is -0.940. The van der Waals surface area contributed by atoms with Gasteiger partial charge in [0.25, 0.3) is 0 Å². The van der Waals surface area contributed by atoms with Crippen molar-refractivity contribution in [1.29, 1.82) is 0 Å². The van der Waals surface area contributed by atoms with E-state index in [0.29, 0.717) is 6.54 Å². The zero-order valence-electron chi connectivity index (χ0n) is 10.9. The molecule has 0 aliphatic rings. The molecule has 1 aromatic rings. The van der Waals surface area contributed by atoms with Crippen LogP contribution < -0.4 is 5.32 Å². The lowest BCUT2D eigenvalue weighted by Gasteiger charge is -2.18. The minimum absolute atomic E-state index is 0.113. The maximum absolute atomic E-state index is 13.3. The van der Waals surface area contributed by atoms with Gasteiger partial charge in [-0.25, -0.2) is 4.39 Å². The first-order chi connectivity index (χ1) is 9.04. The summed E-state index contributed by atoms with van der Waals surface area (Å²) in [4.78, 5) is 24.4. The molecule has 0 aliphatic heterocycles. The van der Waals surface area contributed by atoms with Crippen LogP contribution >= 0.6 is 0 Å². The first-order valence-corrected chi connectivity index (χ1v) is 5.95. The molecule has 2 amide bonds. The Balaban J connectivity index is 2.49. The van der Waals surface area contributed by atoms with E-state index in [2.05, 4.69) is 11.9 Å². The normalized spacial score (nSPS) is 9.79. The van der Waals surface area contributed by atoms with E-state index in [9.17, 15) is 14.0 Å². The van der Waals surface area contributed by atoms with Gasteiger partial charge in [-0.15, -0.1) is 6.58 Å². The Bertz CT molecular complexity index is 474. The lowest BCUT2D eigenvalue weighted by molar-refractivity contribution is -0.128. The van der Waals surface area contributed by atoms with Gasteiger partial charge in [-0.3, -0.25) is 9.59 Å². The maximum Gasteiger partial charge on any atom is 0.226 e. The molecule has 0 aromatic heterocycles. The number of hydrogen-bond acceptors (Lipinski definition) is 2. The Morgan fingerprint density at radius 2 is 2.11 bits per heavy atom. The molecule has 1 N–H and O–H groups in total. The van der Waals surface area contributed by atoms with Gasteiger partial charge < -0.3 is 10.2 Å². The molecule has 0 spiro atoms.